The summed E-state index contributed by atoms with van der Waals surface area (Å²) in [5, 5.41) is 8.90. The molecule has 1 fully saturated rings. The number of nitrogens with zero attached hydrogens (tertiary/aromatic N) is 2. The fourth-order valence-corrected chi connectivity index (χ4v) is 2.23. The van der Waals surface area contributed by atoms with Gasteiger partial charge < -0.3 is 0 Å². The third-order valence-electron chi connectivity index (χ3n) is 3.10. The third kappa shape index (κ3) is 3.57. The molecule has 1 aromatic rings. The van der Waals surface area contributed by atoms with Crippen molar-refractivity contribution >= 4 is 0 Å². The maximum absolute atomic E-state index is 8.90. The van der Waals surface area contributed by atoms with E-state index < -0.39 is 0 Å². The Balaban J connectivity index is 2.03. The highest BCUT2D eigenvalue weighted by Crippen LogP contribution is 2.29. The molecule has 2 rings (SSSR count). The van der Waals surface area contributed by atoms with Gasteiger partial charge in [0.2, 0.25) is 0 Å². The van der Waals surface area contributed by atoms with E-state index in [1.54, 1.807) is 0 Å². The van der Waals surface area contributed by atoms with Crippen LogP contribution in [-0.2, 0) is 6.54 Å². The smallest absolute Gasteiger partial charge is 0.0991 e. The van der Waals surface area contributed by atoms with Crippen molar-refractivity contribution in [3.8, 4) is 6.07 Å². The monoisotopic (exact) mass is 228 g/mol. The van der Waals surface area contributed by atoms with Gasteiger partial charge in [-0.25, -0.2) is 0 Å². The molecule has 0 unspecified atom stereocenters. The molecule has 0 aliphatic heterocycles. The van der Waals surface area contributed by atoms with Crippen LogP contribution in [0.15, 0.2) is 24.3 Å². The number of hydrogen-bond donors (Lipinski definition) is 0. The zero-order valence-electron chi connectivity index (χ0n) is 10.7. The molecule has 0 atom stereocenters. The highest BCUT2D eigenvalue weighted by atomic mass is 15.2. The molecule has 1 aliphatic carbocycles. The molecule has 0 radical (unpaired) electrons. The third-order valence-corrected chi connectivity index (χ3v) is 3.10. The van der Waals surface area contributed by atoms with Gasteiger partial charge in [-0.3, -0.25) is 4.90 Å². The van der Waals surface area contributed by atoms with E-state index >= 15 is 0 Å². The first-order valence-electron chi connectivity index (χ1n) is 6.42. The summed E-state index contributed by atoms with van der Waals surface area (Å²) in [6.45, 7) is 6.67. The van der Waals surface area contributed by atoms with E-state index in [4.69, 9.17) is 5.26 Å². The summed E-state index contributed by atoms with van der Waals surface area (Å²) in [4.78, 5) is 2.56. The molecular formula is C15H20N2. The van der Waals surface area contributed by atoms with E-state index in [0.717, 1.165) is 24.7 Å². The molecule has 0 amide bonds. The van der Waals surface area contributed by atoms with E-state index in [1.165, 1.54) is 18.4 Å². The number of rotatable bonds is 5. The van der Waals surface area contributed by atoms with Gasteiger partial charge in [-0.15, -0.1) is 0 Å². The maximum Gasteiger partial charge on any atom is 0.0991 e. The largest absolute Gasteiger partial charge is 0.296 e. The highest BCUT2D eigenvalue weighted by Gasteiger charge is 2.29. The van der Waals surface area contributed by atoms with Crippen LogP contribution in [-0.4, -0.2) is 17.5 Å². The zero-order valence-corrected chi connectivity index (χ0v) is 10.7. The summed E-state index contributed by atoms with van der Waals surface area (Å²) < 4.78 is 0. The molecule has 17 heavy (non-hydrogen) atoms. The van der Waals surface area contributed by atoms with Gasteiger partial charge in [-0.1, -0.05) is 26.0 Å². The van der Waals surface area contributed by atoms with Crippen LogP contribution < -0.4 is 0 Å². The van der Waals surface area contributed by atoms with Crippen molar-refractivity contribution in [1.82, 2.24) is 4.90 Å². The fourth-order valence-electron chi connectivity index (χ4n) is 2.23. The van der Waals surface area contributed by atoms with Crippen LogP contribution in [0.5, 0.6) is 0 Å². The molecule has 0 spiro atoms. The van der Waals surface area contributed by atoms with Crippen LogP contribution in [0.25, 0.3) is 0 Å². The Bertz CT molecular complexity index is 413. The molecule has 2 heteroatoms. The Labute approximate surface area is 104 Å². The minimum atomic E-state index is 0.703. The lowest BCUT2D eigenvalue weighted by Crippen LogP contribution is -2.29. The van der Waals surface area contributed by atoms with Gasteiger partial charge in [0.05, 0.1) is 11.6 Å². The normalized spacial score (nSPS) is 15.2. The van der Waals surface area contributed by atoms with Crippen LogP contribution in [0.4, 0.5) is 0 Å². The number of nitriles is 1. The number of benzene rings is 1. The van der Waals surface area contributed by atoms with Gasteiger partial charge in [0, 0.05) is 19.1 Å². The van der Waals surface area contributed by atoms with E-state index in [2.05, 4.69) is 30.9 Å². The highest BCUT2D eigenvalue weighted by molar-refractivity contribution is 5.32. The molecule has 1 aromatic carbocycles. The van der Waals surface area contributed by atoms with Crippen molar-refractivity contribution in [2.45, 2.75) is 39.3 Å². The minimum absolute atomic E-state index is 0.703. The summed E-state index contributed by atoms with van der Waals surface area (Å²) in [5.41, 5.74) is 2.03. The fraction of sp³-hybridized carbons (Fsp3) is 0.533. The second kappa shape index (κ2) is 5.33. The molecular weight excluding hydrogens is 208 g/mol. The van der Waals surface area contributed by atoms with E-state index in [-0.39, 0.29) is 0 Å². The van der Waals surface area contributed by atoms with Gasteiger partial charge in [0.25, 0.3) is 0 Å². The van der Waals surface area contributed by atoms with Crippen LogP contribution in [0, 0.1) is 17.2 Å². The van der Waals surface area contributed by atoms with Gasteiger partial charge >= 0.3 is 0 Å². The molecule has 1 saturated carbocycles. The molecule has 1 aliphatic rings. The Morgan fingerprint density at radius 2 is 2.18 bits per heavy atom. The number of hydrogen-bond acceptors (Lipinski definition) is 2. The van der Waals surface area contributed by atoms with Crippen LogP contribution in [0.2, 0.25) is 0 Å². The summed E-state index contributed by atoms with van der Waals surface area (Å²) in [7, 11) is 0. The average Bonchev–Trinajstić information content (AvgIpc) is 3.12. The first-order chi connectivity index (χ1) is 8.19. The average molecular weight is 228 g/mol. The molecule has 0 heterocycles. The van der Waals surface area contributed by atoms with Crippen molar-refractivity contribution in [1.29, 1.82) is 5.26 Å². The van der Waals surface area contributed by atoms with E-state index in [1.807, 2.05) is 18.2 Å². The Kier molecular flexibility index (Phi) is 3.81. The second-order valence-electron chi connectivity index (χ2n) is 5.37. The predicted molar refractivity (Wildman–Crippen MR) is 69.4 cm³/mol. The second-order valence-corrected chi connectivity index (χ2v) is 5.37. The first-order valence-corrected chi connectivity index (χ1v) is 6.42. The summed E-state index contributed by atoms with van der Waals surface area (Å²) in [6.07, 6.45) is 2.68. The van der Waals surface area contributed by atoms with Crippen molar-refractivity contribution in [3.05, 3.63) is 35.4 Å². The Hall–Kier alpha value is -1.33. The quantitative estimate of drug-likeness (QED) is 0.774. The molecule has 2 nitrogen and oxygen atoms in total. The molecule has 0 N–H and O–H groups in total. The lowest BCUT2D eigenvalue weighted by atomic mass is 10.1. The van der Waals surface area contributed by atoms with Crippen molar-refractivity contribution < 1.29 is 0 Å². The Morgan fingerprint density at radius 3 is 2.76 bits per heavy atom. The lowest BCUT2D eigenvalue weighted by molar-refractivity contribution is 0.226. The lowest BCUT2D eigenvalue weighted by Gasteiger charge is -2.24. The van der Waals surface area contributed by atoms with Crippen molar-refractivity contribution in [2.24, 2.45) is 5.92 Å². The van der Waals surface area contributed by atoms with Gasteiger partial charge in [0.15, 0.2) is 0 Å². The molecule has 0 bridgehead atoms. The zero-order chi connectivity index (χ0) is 12.3. The summed E-state index contributed by atoms with van der Waals surface area (Å²) >= 11 is 0. The van der Waals surface area contributed by atoms with Crippen LogP contribution in [0.1, 0.15) is 37.8 Å². The van der Waals surface area contributed by atoms with Crippen molar-refractivity contribution in [2.75, 3.05) is 6.54 Å². The van der Waals surface area contributed by atoms with Crippen LogP contribution in [0.3, 0.4) is 0 Å². The van der Waals surface area contributed by atoms with Crippen molar-refractivity contribution in [3.63, 3.8) is 0 Å². The molecule has 0 aromatic heterocycles. The minimum Gasteiger partial charge on any atom is -0.296 e. The standard InChI is InChI=1S/C15H20N2/c1-12(2)10-17(15-6-7-15)11-14-5-3-4-13(8-14)9-16/h3-5,8,12,15H,6-7,10-11H2,1-2H3. The molecule has 0 saturated heterocycles. The first kappa shape index (κ1) is 12.1. The van der Waals surface area contributed by atoms with Gasteiger partial charge in [0.1, 0.15) is 0 Å². The van der Waals surface area contributed by atoms with E-state index in [0.29, 0.717) is 5.92 Å². The predicted octanol–water partition coefficient (Wildman–Crippen LogP) is 3.18. The SMILES string of the molecule is CC(C)CN(Cc1cccc(C#N)c1)C1CC1. The van der Waals surface area contributed by atoms with Crippen LogP contribution >= 0.6 is 0 Å². The Morgan fingerprint density at radius 1 is 1.41 bits per heavy atom. The topological polar surface area (TPSA) is 27.0 Å². The summed E-state index contributed by atoms with van der Waals surface area (Å²) in [5.74, 6) is 0.703. The maximum atomic E-state index is 8.90. The molecule has 90 valence electrons. The van der Waals surface area contributed by atoms with Gasteiger partial charge in [-0.05, 0) is 36.5 Å². The summed E-state index contributed by atoms with van der Waals surface area (Å²) in [6, 6.07) is 11.0. The van der Waals surface area contributed by atoms with E-state index in [9.17, 15) is 0 Å². The van der Waals surface area contributed by atoms with Gasteiger partial charge in [-0.2, -0.15) is 5.26 Å².